The Bertz CT molecular complexity index is 589. The second-order valence-electron chi connectivity index (χ2n) is 4.78. The van der Waals surface area contributed by atoms with Crippen LogP contribution in [0.3, 0.4) is 0 Å². The molecule has 0 saturated carbocycles. The van der Waals surface area contributed by atoms with Crippen molar-refractivity contribution < 1.29 is 14.3 Å². The summed E-state index contributed by atoms with van der Waals surface area (Å²) in [5, 5.41) is 0.586. The van der Waals surface area contributed by atoms with E-state index >= 15 is 0 Å². The van der Waals surface area contributed by atoms with Gasteiger partial charge in [-0.2, -0.15) is 0 Å². The van der Waals surface area contributed by atoms with E-state index in [-0.39, 0.29) is 5.92 Å². The van der Waals surface area contributed by atoms with E-state index in [4.69, 9.17) is 21.1 Å². The van der Waals surface area contributed by atoms with E-state index < -0.39 is 5.97 Å². The summed E-state index contributed by atoms with van der Waals surface area (Å²) in [6.45, 7) is 1.37. The summed E-state index contributed by atoms with van der Waals surface area (Å²) >= 11 is 6.07. The standard InChI is InChI=1S/C15H14ClNO3/c16-12-4-2-1-3-11(12)9-13-15(18)20-14(17-13)10-5-7-19-8-6-10/h1-4,9-10H,5-8H2/b13-9-. The minimum absolute atomic E-state index is 0.171. The van der Waals surface area contributed by atoms with Gasteiger partial charge in [-0.15, -0.1) is 0 Å². The van der Waals surface area contributed by atoms with Gasteiger partial charge in [0.25, 0.3) is 0 Å². The molecule has 1 saturated heterocycles. The molecule has 0 spiro atoms. The fourth-order valence-electron chi connectivity index (χ4n) is 2.28. The van der Waals surface area contributed by atoms with Gasteiger partial charge < -0.3 is 9.47 Å². The average Bonchev–Trinajstić information content (AvgIpc) is 2.84. The van der Waals surface area contributed by atoms with Crippen LogP contribution in [0, 0.1) is 5.92 Å². The minimum atomic E-state index is -0.411. The number of carbonyl (C=O) groups excluding carboxylic acids is 1. The van der Waals surface area contributed by atoms with Crippen LogP contribution in [0.1, 0.15) is 18.4 Å². The monoisotopic (exact) mass is 291 g/mol. The first kappa shape index (κ1) is 13.3. The van der Waals surface area contributed by atoms with Crippen molar-refractivity contribution in [2.45, 2.75) is 12.8 Å². The summed E-state index contributed by atoms with van der Waals surface area (Å²) < 4.78 is 10.6. The van der Waals surface area contributed by atoms with Crippen molar-refractivity contribution in [3.05, 3.63) is 40.5 Å². The van der Waals surface area contributed by atoms with Crippen LogP contribution in [-0.2, 0) is 14.3 Å². The third-order valence-corrected chi connectivity index (χ3v) is 3.75. The highest BCUT2D eigenvalue weighted by Gasteiger charge is 2.30. The molecule has 1 fully saturated rings. The molecule has 1 aromatic rings. The number of esters is 1. The van der Waals surface area contributed by atoms with Crippen LogP contribution < -0.4 is 0 Å². The van der Waals surface area contributed by atoms with E-state index in [9.17, 15) is 4.79 Å². The summed E-state index contributed by atoms with van der Waals surface area (Å²) in [5.74, 6) is 0.271. The van der Waals surface area contributed by atoms with E-state index in [2.05, 4.69) is 4.99 Å². The van der Waals surface area contributed by atoms with Crippen LogP contribution in [0.5, 0.6) is 0 Å². The fourth-order valence-corrected chi connectivity index (χ4v) is 2.47. The molecule has 0 radical (unpaired) electrons. The topological polar surface area (TPSA) is 47.9 Å². The molecule has 2 aliphatic heterocycles. The van der Waals surface area contributed by atoms with Crippen LogP contribution in [0.15, 0.2) is 35.0 Å². The molecule has 0 amide bonds. The lowest BCUT2D eigenvalue weighted by Gasteiger charge is -2.20. The molecule has 3 rings (SSSR count). The SMILES string of the molecule is O=C1OC(C2CCOCC2)=N/C1=C\c1ccccc1Cl. The molecule has 20 heavy (non-hydrogen) atoms. The summed E-state index contributed by atoms with van der Waals surface area (Å²) in [6, 6.07) is 7.32. The minimum Gasteiger partial charge on any atom is -0.406 e. The van der Waals surface area contributed by atoms with Crippen molar-refractivity contribution in [1.82, 2.24) is 0 Å². The maximum absolute atomic E-state index is 11.9. The third-order valence-electron chi connectivity index (χ3n) is 3.41. The van der Waals surface area contributed by atoms with Gasteiger partial charge in [0.15, 0.2) is 5.70 Å². The van der Waals surface area contributed by atoms with Crippen molar-refractivity contribution in [3.63, 3.8) is 0 Å². The molecule has 0 aromatic heterocycles. The Labute approximate surface area is 122 Å². The van der Waals surface area contributed by atoms with Gasteiger partial charge in [-0.25, -0.2) is 9.79 Å². The van der Waals surface area contributed by atoms with Gasteiger partial charge in [0.05, 0.1) is 0 Å². The highest BCUT2D eigenvalue weighted by Crippen LogP contribution is 2.26. The van der Waals surface area contributed by atoms with E-state index in [1.165, 1.54) is 0 Å². The van der Waals surface area contributed by atoms with E-state index in [1.54, 1.807) is 12.1 Å². The van der Waals surface area contributed by atoms with Gasteiger partial charge in [-0.1, -0.05) is 29.8 Å². The van der Waals surface area contributed by atoms with Crippen molar-refractivity contribution in [3.8, 4) is 0 Å². The maximum Gasteiger partial charge on any atom is 0.363 e. The number of hydrogen-bond acceptors (Lipinski definition) is 4. The van der Waals surface area contributed by atoms with E-state index in [0.717, 1.165) is 18.4 Å². The Morgan fingerprint density at radius 2 is 2.00 bits per heavy atom. The molecule has 2 aliphatic rings. The number of nitrogens with zero attached hydrogens (tertiary/aromatic N) is 1. The summed E-state index contributed by atoms with van der Waals surface area (Å²) in [7, 11) is 0. The Morgan fingerprint density at radius 1 is 1.25 bits per heavy atom. The highest BCUT2D eigenvalue weighted by atomic mass is 35.5. The quantitative estimate of drug-likeness (QED) is 0.621. The number of rotatable bonds is 2. The van der Waals surface area contributed by atoms with Gasteiger partial charge in [0.2, 0.25) is 5.90 Å². The zero-order valence-corrected chi connectivity index (χ0v) is 11.6. The predicted octanol–water partition coefficient (Wildman–Crippen LogP) is 3.06. The fraction of sp³-hybridized carbons (Fsp3) is 0.333. The zero-order valence-electron chi connectivity index (χ0n) is 10.8. The Morgan fingerprint density at radius 3 is 2.75 bits per heavy atom. The average molecular weight is 292 g/mol. The van der Waals surface area contributed by atoms with Crippen LogP contribution in [0.2, 0.25) is 5.02 Å². The van der Waals surface area contributed by atoms with Gasteiger partial charge in [0, 0.05) is 24.2 Å². The normalized spacial score (nSPS) is 21.9. The molecule has 0 bridgehead atoms. The lowest BCUT2D eigenvalue weighted by atomic mass is 10.0. The summed E-state index contributed by atoms with van der Waals surface area (Å²) in [6.07, 6.45) is 3.34. The first-order valence-corrected chi connectivity index (χ1v) is 6.96. The number of carbonyl (C=O) groups is 1. The number of ether oxygens (including phenoxy) is 2. The van der Waals surface area contributed by atoms with E-state index in [0.29, 0.717) is 29.8 Å². The number of cyclic esters (lactones) is 1. The predicted molar refractivity (Wildman–Crippen MR) is 76.5 cm³/mol. The van der Waals surface area contributed by atoms with Gasteiger partial charge in [0.1, 0.15) is 0 Å². The molecule has 2 heterocycles. The van der Waals surface area contributed by atoms with Crippen LogP contribution >= 0.6 is 11.6 Å². The molecule has 5 heteroatoms. The Kier molecular flexibility index (Phi) is 3.85. The third kappa shape index (κ3) is 2.76. The lowest BCUT2D eigenvalue weighted by molar-refractivity contribution is -0.130. The van der Waals surface area contributed by atoms with Crippen molar-refractivity contribution in [2.75, 3.05) is 13.2 Å². The first-order valence-electron chi connectivity index (χ1n) is 6.59. The second kappa shape index (κ2) is 5.77. The van der Waals surface area contributed by atoms with Crippen molar-refractivity contribution in [2.24, 2.45) is 10.9 Å². The molecule has 0 unspecified atom stereocenters. The molecule has 104 valence electrons. The molecule has 0 atom stereocenters. The number of halogens is 1. The number of hydrogen-bond donors (Lipinski definition) is 0. The highest BCUT2D eigenvalue weighted by molar-refractivity contribution is 6.32. The van der Waals surface area contributed by atoms with Gasteiger partial charge in [-0.05, 0) is 30.5 Å². The van der Waals surface area contributed by atoms with Crippen molar-refractivity contribution in [1.29, 1.82) is 0 Å². The van der Waals surface area contributed by atoms with Crippen LogP contribution in [-0.4, -0.2) is 25.1 Å². The lowest BCUT2D eigenvalue weighted by Crippen LogP contribution is -2.24. The second-order valence-corrected chi connectivity index (χ2v) is 5.18. The molecule has 0 aliphatic carbocycles. The van der Waals surface area contributed by atoms with Crippen molar-refractivity contribution >= 4 is 29.5 Å². The van der Waals surface area contributed by atoms with Gasteiger partial charge >= 0.3 is 5.97 Å². The van der Waals surface area contributed by atoms with Gasteiger partial charge in [-0.3, -0.25) is 0 Å². The number of benzene rings is 1. The smallest absolute Gasteiger partial charge is 0.363 e. The summed E-state index contributed by atoms with van der Waals surface area (Å²) in [5.41, 5.74) is 1.07. The Hall–Kier alpha value is -1.65. The van der Waals surface area contributed by atoms with E-state index in [1.807, 2.05) is 18.2 Å². The Balaban J connectivity index is 1.85. The number of aliphatic imine (C=N–C) groups is 1. The molecular formula is C15H14ClNO3. The van der Waals surface area contributed by atoms with Crippen LogP contribution in [0.4, 0.5) is 0 Å². The zero-order chi connectivity index (χ0) is 13.9. The largest absolute Gasteiger partial charge is 0.406 e. The van der Waals surface area contributed by atoms with Crippen LogP contribution in [0.25, 0.3) is 6.08 Å². The maximum atomic E-state index is 11.9. The molecule has 4 nitrogen and oxygen atoms in total. The first-order chi connectivity index (χ1) is 9.74. The molecule has 1 aromatic carbocycles. The molecular weight excluding hydrogens is 278 g/mol. The molecule has 0 N–H and O–H groups in total. The summed E-state index contributed by atoms with van der Waals surface area (Å²) in [4.78, 5) is 16.2.